The molecule has 0 radical (unpaired) electrons. The van der Waals surface area contributed by atoms with Gasteiger partial charge in [0.25, 0.3) is 12.3 Å². The highest BCUT2D eigenvalue weighted by Gasteiger charge is 2.63. The summed E-state index contributed by atoms with van der Waals surface area (Å²) in [6.45, 7) is 4.27. The third-order valence-corrected chi connectivity index (χ3v) is 6.51. The Labute approximate surface area is 156 Å². The normalized spacial score (nSPS) is 24.9. The largest absolute Gasteiger partial charge is 0.497 e. The number of aryl methyl sites for hydroxylation is 1. The molecule has 1 saturated carbocycles. The Bertz CT molecular complexity index is 922. The number of aromatic nitrogens is 2. The van der Waals surface area contributed by atoms with E-state index in [2.05, 4.69) is 30.3 Å². The lowest BCUT2D eigenvalue weighted by atomic mass is 9.74. The molecule has 2 aromatic rings. The van der Waals surface area contributed by atoms with E-state index in [1.54, 1.807) is 7.11 Å². The fourth-order valence-corrected chi connectivity index (χ4v) is 5.10. The van der Waals surface area contributed by atoms with Gasteiger partial charge in [-0.15, -0.1) is 0 Å². The van der Waals surface area contributed by atoms with Crippen molar-refractivity contribution in [2.24, 2.45) is 12.5 Å². The summed E-state index contributed by atoms with van der Waals surface area (Å²) in [7, 11) is 3.14. The Morgan fingerprint density at radius 2 is 2.15 bits per heavy atom. The van der Waals surface area contributed by atoms with Gasteiger partial charge in [-0.3, -0.25) is 9.48 Å². The van der Waals surface area contributed by atoms with Crippen molar-refractivity contribution in [1.82, 2.24) is 15.1 Å². The van der Waals surface area contributed by atoms with Crippen molar-refractivity contribution in [3.05, 3.63) is 46.8 Å². The van der Waals surface area contributed by atoms with Crippen LogP contribution in [0.4, 0.5) is 8.78 Å². The molecule has 2 unspecified atom stereocenters. The number of halogens is 2. The Morgan fingerprint density at radius 1 is 1.41 bits per heavy atom. The number of nitrogens with one attached hydrogen (secondary N) is 1. The van der Waals surface area contributed by atoms with Crippen LogP contribution in [0.5, 0.6) is 5.75 Å². The van der Waals surface area contributed by atoms with Crippen molar-refractivity contribution in [2.45, 2.75) is 44.6 Å². The van der Waals surface area contributed by atoms with E-state index in [9.17, 15) is 13.6 Å². The monoisotopic (exact) mass is 375 g/mol. The van der Waals surface area contributed by atoms with Crippen molar-refractivity contribution in [2.75, 3.05) is 7.11 Å². The number of hydrogen-bond donors (Lipinski definition) is 1. The number of alkyl halides is 2. The molecule has 5 nitrogen and oxygen atoms in total. The van der Waals surface area contributed by atoms with Crippen LogP contribution >= 0.6 is 0 Å². The predicted molar refractivity (Wildman–Crippen MR) is 96.1 cm³/mol. The molecule has 1 aromatic carbocycles. The second-order valence-corrected chi connectivity index (χ2v) is 8.03. The van der Waals surface area contributed by atoms with Crippen molar-refractivity contribution in [3.63, 3.8) is 0 Å². The lowest BCUT2D eigenvalue weighted by molar-refractivity contribution is 0.0797. The molecule has 1 aromatic heterocycles. The molecule has 0 saturated heterocycles. The van der Waals surface area contributed by atoms with Crippen LogP contribution in [-0.4, -0.2) is 22.8 Å². The van der Waals surface area contributed by atoms with Crippen LogP contribution in [0.1, 0.15) is 66.2 Å². The van der Waals surface area contributed by atoms with Crippen LogP contribution in [0.3, 0.4) is 0 Å². The van der Waals surface area contributed by atoms with Gasteiger partial charge < -0.3 is 10.1 Å². The number of rotatable bonds is 4. The molecule has 1 amide bonds. The van der Waals surface area contributed by atoms with E-state index in [1.807, 2.05) is 12.1 Å². The van der Waals surface area contributed by atoms with E-state index >= 15 is 0 Å². The van der Waals surface area contributed by atoms with Gasteiger partial charge in [0.15, 0.2) is 0 Å². The number of carbonyl (C=O) groups excluding carboxylic acids is 1. The first-order chi connectivity index (χ1) is 12.7. The van der Waals surface area contributed by atoms with Gasteiger partial charge in [0.2, 0.25) is 0 Å². The first-order valence-electron chi connectivity index (χ1n) is 9.04. The molecule has 0 aliphatic heterocycles. The van der Waals surface area contributed by atoms with E-state index < -0.39 is 23.6 Å². The second-order valence-electron chi connectivity index (χ2n) is 8.03. The minimum atomic E-state index is -2.80. The smallest absolute Gasteiger partial charge is 0.282 e. The van der Waals surface area contributed by atoms with Crippen LogP contribution < -0.4 is 10.1 Å². The maximum atomic E-state index is 13.3. The van der Waals surface area contributed by atoms with Crippen molar-refractivity contribution in [3.8, 4) is 5.75 Å². The number of ether oxygens (including phenoxy) is 1. The van der Waals surface area contributed by atoms with E-state index in [-0.39, 0.29) is 11.0 Å². The number of hydrogen-bond acceptors (Lipinski definition) is 3. The van der Waals surface area contributed by atoms with Crippen molar-refractivity contribution < 1.29 is 18.3 Å². The zero-order valence-electron chi connectivity index (χ0n) is 15.8. The summed E-state index contributed by atoms with van der Waals surface area (Å²) in [5.41, 5.74) is 0.824. The van der Waals surface area contributed by atoms with Crippen molar-refractivity contribution in [1.29, 1.82) is 0 Å². The Kier molecular flexibility index (Phi) is 3.84. The average Bonchev–Trinajstić information content (AvgIpc) is 3.19. The third kappa shape index (κ3) is 2.33. The fourth-order valence-electron chi connectivity index (χ4n) is 5.10. The van der Waals surface area contributed by atoms with Gasteiger partial charge in [0, 0.05) is 13.2 Å². The van der Waals surface area contributed by atoms with Crippen LogP contribution in [0, 0.1) is 5.41 Å². The highest BCUT2D eigenvalue weighted by molar-refractivity contribution is 5.96. The first kappa shape index (κ1) is 17.9. The van der Waals surface area contributed by atoms with Gasteiger partial charge in [0.1, 0.15) is 11.4 Å². The number of nitrogens with zero attached hydrogens (tertiary/aromatic N) is 2. The molecule has 7 heteroatoms. The molecule has 4 rings (SSSR count). The molecule has 1 N–H and O–H groups in total. The zero-order valence-corrected chi connectivity index (χ0v) is 15.8. The van der Waals surface area contributed by atoms with E-state index in [1.165, 1.54) is 23.5 Å². The van der Waals surface area contributed by atoms with Crippen molar-refractivity contribution >= 4 is 5.91 Å². The summed E-state index contributed by atoms with van der Waals surface area (Å²) in [6, 6.07) is 5.96. The zero-order chi connectivity index (χ0) is 19.6. The summed E-state index contributed by atoms with van der Waals surface area (Å²) in [5, 5.41) is 6.88. The predicted octanol–water partition coefficient (Wildman–Crippen LogP) is 3.91. The molecule has 27 heavy (non-hydrogen) atoms. The first-order valence-corrected chi connectivity index (χ1v) is 9.04. The number of methoxy groups -OCH3 is 1. The van der Waals surface area contributed by atoms with Gasteiger partial charge in [-0.2, -0.15) is 5.10 Å². The number of amides is 1. The summed E-state index contributed by atoms with van der Waals surface area (Å²) in [4.78, 5) is 13.0. The highest BCUT2D eigenvalue weighted by Crippen LogP contribution is 2.67. The van der Waals surface area contributed by atoms with Crippen LogP contribution in [0.2, 0.25) is 0 Å². The molecule has 2 atom stereocenters. The fraction of sp³-hybridized carbons (Fsp3) is 0.500. The van der Waals surface area contributed by atoms with Gasteiger partial charge in [-0.25, -0.2) is 8.78 Å². The number of benzene rings is 1. The SMILES string of the molecule is COc1ccc2c(c1)C1(NC(=O)c3cn(C)nc3C(F)F)CCC2C1(C)C. The Balaban J connectivity index is 1.78. The Hall–Kier alpha value is -2.44. The summed E-state index contributed by atoms with van der Waals surface area (Å²) < 4.78 is 33.3. The second kappa shape index (κ2) is 5.78. The van der Waals surface area contributed by atoms with E-state index in [0.29, 0.717) is 5.92 Å². The molecule has 2 aliphatic carbocycles. The van der Waals surface area contributed by atoms with Gasteiger partial charge in [-0.05, 0) is 47.4 Å². The standard InChI is InChI=1S/C20H23F2N3O2/c1-19(2)14-7-8-20(19,15-9-11(27-4)5-6-12(14)15)23-18(26)13-10-25(3)24-16(13)17(21)22/h5-6,9-10,14,17H,7-8H2,1-4H3,(H,23,26). The average molecular weight is 375 g/mol. The van der Waals surface area contributed by atoms with Crippen LogP contribution in [0.25, 0.3) is 0 Å². The van der Waals surface area contributed by atoms with Crippen LogP contribution in [0.15, 0.2) is 24.4 Å². The number of fused-ring (bicyclic) bond motifs is 5. The molecule has 2 bridgehead atoms. The minimum absolute atomic E-state index is 0.0718. The summed E-state index contributed by atoms with van der Waals surface area (Å²) in [6.07, 6.45) is 0.265. The van der Waals surface area contributed by atoms with Crippen LogP contribution in [-0.2, 0) is 12.6 Å². The van der Waals surface area contributed by atoms with Gasteiger partial charge in [-0.1, -0.05) is 19.9 Å². The molecule has 144 valence electrons. The number of carbonyl (C=O) groups is 1. The van der Waals surface area contributed by atoms with E-state index in [0.717, 1.165) is 24.2 Å². The maximum absolute atomic E-state index is 13.3. The minimum Gasteiger partial charge on any atom is -0.497 e. The lowest BCUT2D eigenvalue weighted by Crippen LogP contribution is -2.51. The lowest BCUT2D eigenvalue weighted by Gasteiger charge is -2.40. The van der Waals surface area contributed by atoms with E-state index in [4.69, 9.17) is 4.74 Å². The molecular formula is C20H23F2N3O2. The topological polar surface area (TPSA) is 56.1 Å². The quantitative estimate of drug-likeness (QED) is 0.882. The summed E-state index contributed by atoms with van der Waals surface area (Å²) in [5.74, 6) is 0.519. The molecular weight excluding hydrogens is 352 g/mol. The molecule has 1 fully saturated rings. The van der Waals surface area contributed by atoms with Gasteiger partial charge >= 0.3 is 0 Å². The maximum Gasteiger partial charge on any atom is 0.282 e. The molecule has 0 spiro atoms. The molecule has 1 heterocycles. The Morgan fingerprint density at radius 3 is 2.81 bits per heavy atom. The van der Waals surface area contributed by atoms with Gasteiger partial charge in [0.05, 0.1) is 18.2 Å². The highest BCUT2D eigenvalue weighted by atomic mass is 19.3. The third-order valence-electron chi connectivity index (χ3n) is 6.51. The summed E-state index contributed by atoms with van der Waals surface area (Å²) >= 11 is 0. The molecule has 2 aliphatic rings.